The molecule has 0 unspecified atom stereocenters. The van der Waals surface area contributed by atoms with Gasteiger partial charge in [0.05, 0.1) is 4.90 Å². The lowest BCUT2D eigenvalue weighted by Crippen LogP contribution is -2.29. The molecule has 25 heavy (non-hydrogen) atoms. The topological polar surface area (TPSA) is 76.3 Å². The summed E-state index contributed by atoms with van der Waals surface area (Å²) in [7, 11) is -2.11. The zero-order valence-electron chi connectivity index (χ0n) is 13.5. The van der Waals surface area contributed by atoms with Crippen LogP contribution >= 0.6 is 11.6 Å². The highest BCUT2D eigenvalue weighted by Crippen LogP contribution is 2.19. The van der Waals surface area contributed by atoms with E-state index in [0.29, 0.717) is 23.2 Å². The molecule has 0 atom stereocenters. The van der Waals surface area contributed by atoms with Gasteiger partial charge in [-0.05, 0) is 30.3 Å². The highest BCUT2D eigenvalue weighted by Gasteiger charge is 2.21. The largest absolute Gasteiger partial charge is 0.334 e. The fourth-order valence-corrected chi connectivity index (χ4v) is 3.71. The molecule has 2 aromatic carbocycles. The van der Waals surface area contributed by atoms with Gasteiger partial charge in [-0.1, -0.05) is 41.0 Å². The summed E-state index contributed by atoms with van der Waals surface area (Å²) >= 11 is 5.87. The van der Waals surface area contributed by atoms with E-state index in [1.165, 1.54) is 23.5 Å². The second kappa shape index (κ2) is 7.35. The summed E-state index contributed by atoms with van der Waals surface area (Å²) in [4.78, 5) is 4.45. The Bertz CT molecular complexity index is 958. The lowest BCUT2D eigenvalue weighted by Gasteiger charge is -2.16. The van der Waals surface area contributed by atoms with E-state index >= 15 is 0 Å². The minimum absolute atomic E-state index is 0.153. The van der Waals surface area contributed by atoms with Crippen molar-refractivity contribution in [1.82, 2.24) is 14.4 Å². The molecular formula is C17H16ClN3O3S. The molecule has 0 saturated heterocycles. The number of nitrogens with zero attached hydrogens (tertiary/aromatic N) is 3. The number of halogens is 1. The Hall–Kier alpha value is -2.22. The SMILES string of the molecule is CN(CCc1noc(-c2ccccc2)n1)S(=O)(=O)c1cccc(Cl)c1. The van der Waals surface area contributed by atoms with Gasteiger partial charge in [0.25, 0.3) is 5.89 Å². The van der Waals surface area contributed by atoms with Crippen LogP contribution in [0.2, 0.25) is 5.02 Å². The summed E-state index contributed by atoms with van der Waals surface area (Å²) in [5.41, 5.74) is 0.821. The molecule has 0 aliphatic rings. The van der Waals surface area contributed by atoms with Gasteiger partial charge in [-0.15, -0.1) is 0 Å². The first-order valence-corrected chi connectivity index (χ1v) is 9.38. The molecule has 0 amide bonds. The van der Waals surface area contributed by atoms with Gasteiger partial charge in [0.15, 0.2) is 5.82 Å². The molecular weight excluding hydrogens is 362 g/mol. The molecule has 130 valence electrons. The van der Waals surface area contributed by atoms with E-state index in [4.69, 9.17) is 16.1 Å². The van der Waals surface area contributed by atoms with Crippen LogP contribution < -0.4 is 0 Å². The Kier molecular flexibility index (Phi) is 5.17. The summed E-state index contributed by atoms with van der Waals surface area (Å²) in [5, 5.41) is 4.28. The number of benzene rings is 2. The van der Waals surface area contributed by atoms with Gasteiger partial charge < -0.3 is 4.52 Å². The molecule has 3 aromatic rings. The number of sulfonamides is 1. The van der Waals surface area contributed by atoms with E-state index in [-0.39, 0.29) is 11.4 Å². The minimum atomic E-state index is -3.61. The Labute approximate surface area is 151 Å². The Morgan fingerprint density at radius 2 is 1.88 bits per heavy atom. The molecule has 0 radical (unpaired) electrons. The van der Waals surface area contributed by atoms with Crippen molar-refractivity contribution in [2.24, 2.45) is 0 Å². The third-order valence-corrected chi connectivity index (χ3v) is 5.73. The molecule has 0 aliphatic carbocycles. The van der Waals surface area contributed by atoms with E-state index in [0.717, 1.165) is 5.56 Å². The quantitative estimate of drug-likeness (QED) is 0.659. The van der Waals surface area contributed by atoms with Crippen LogP contribution in [-0.4, -0.2) is 36.5 Å². The van der Waals surface area contributed by atoms with Gasteiger partial charge in [0, 0.05) is 30.6 Å². The normalized spacial score (nSPS) is 11.8. The van der Waals surface area contributed by atoms with Crippen LogP contribution in [0.15, 0.2) is 64.0 Å². The molecule has 0 saturated carbocycles. The number of hydrogen-bond acceptors (Lipinski definition) is 5. The highest BCUT2D eigenvalue weighted by atomic mass is 35.5. The Morgan fingerprint density at radius 3 is 2.60 bits per heavy atom. The molecule has 0 aliphatic heterocycles. The van der Waals surface area contributed by atoms with Crippen molar-refractivity contribution in [3.8, 4) is 11.5 Å². The summed E-state index contributed by atoms with van der Waals surface area (Å²) in [6.45, 7) is 0.225. The predicted molar refractivity (Wildman–Crippen MR) is 94.7 cm³/mol. The van der Waals surface area contributed by atoms with E-state index in [2.05, 4.69) is 10.1 Å². The molecule has 6 nitrogen and oxygen atoms in total. The lowest BCUT2D eigenvalue weighted by molar-refractivity contribution is 0.415. The first-order valence-electron chi connectivity index (χ1n) is 7.57. The van der Waals surface area contributed by atoms with Crippen LogP contribution in [0.5, 0.6) is 0 Å². The highest BCUT2D eigenvalue weighted by molar-refractivity contribution is 7.89. The smallest absolute Gasteiger partial charge is 0.257 e. The van der Waals surface area contributed by atoms with Crippen LogP contribution in [0.25, 0.3) is 11.5 Å². The summed E-state index contributed by atoms with van der Waals surface area (Å²) in [6, 6.07) is 15.6. The number of rotatable bonds is 6. The van der Waals surface area contributed by atoms with Gasteiger partial charge in [-0.25, -0.2) is 12.7 Å². The first kappa shape index (κ1) is 17.6. The van der Waals surface area contributed by atoms with Gasteiger partial charge in [-0.3, -0.25) is 0 Å². The minimum Gasteiger partial charge on any atom is -0.334 e. The molecule has 0 spiro atoms. The zero-order valence-corrected chi connectivity index (χ0v) is 15.0. The summed E-state index contributed by atoms with van der Waals surface area (Å²) in [5.74, 6) is 0.864. The summed E-state index contributed by atoms with van der Waals surface area (Å²) in [6.07, 6.45) is 0.340. The molecule has 8 heteroatoms. The molecule has 0 bridgehead atoms. The molecule has 0 N–H and O–H groups in total. The van der Waals surface area contributed by atoms with Crippen molar-refractivity contribution in [1.29, 1.82) is 0 Å². The van der Waals surface area contributed by atoms with E-state index in [1.54, 1.807) is 12.1 Å². The average Bonchev–Trinajstić information content (AvgIpc) is 3.09. The number of likely N-dealkylation sites (N-methyl/N-ethyl adjacent to an activating group) is 1. The van der Waals surface area contributed by atoms with Crippen molar-refractivity contribution in [3.05, 3.63) is 65.4 Å². The molecule has 0 fully saturated rings. The second-order valence-electron chi connectivity index (χ2n) is 5.42. The second-order valence-corrected chi connectivity index (χ2v) is 7.90. The maximum Gasteiger partial charge on any atom is 0.257 e. The van der Waals surface area contributed by atoms with Gasteiger partial charge in [0.1, 0.15) is 0 Å². The van der Waals surface area contributed by atoms with E-state index < -0.39 is 10.0 Å². The molecule has 1 heterocycles. The lowest BCUT2D eigenvalue weighted by atomic mass is 10.2. The fraction of sp³-hybridized carbons (Fsp3) is 0.176. The van der Waals surface area contributed by atoms with Crippen LogP contribution in [0.3, 0.4) is 0 Å². The Morgan fingerprint density at radius 1 is 1.12 bits per heavy atom. The number of hydrogen-bond donors (Lipinski definition) is 0. The van der Waals surface area contributed by atoms with Crippen molar-refractivity contribution < 1.29 is 12.9 Å². The third-order valence-electron chi connectivity index (χ3n) is 3.64. The van der Waals surface area contributed by atoms with Gasteiger partial charge in [-0.2, -0.15) is 4.98 Å². The molecule has 1 aromatic heterocycles. The van der Waals surface area contributed by atoms with Crippen LogP contribution in [0.4, 0.5) is 0 Å². The first-order chi connectivity index (χ1) is 12.0. The molecule has 3 rings (SSSR count). The third kappa shape index (κ3) is 4.07. The van der Waals surface area contributed by atoms with Crippen molar-refractivity contribution in [3.63, 3.8) is 0 Å². The van der Waals surface area contributed by atoms with Gasteiger partial charge >= 0.3 is 0 Å². The van der Waals surface area contributed by atoms with Crippen molar-refractivity contribution >= 4 is 21.6 Å². The maximum absolute atomic E-state index is 12.5. The fourth-order valence-electron chi connectivity index (χ4n) is 2.24. The van der Waals surface area contributed by atoms with Crippen molar-refractivity contribution in [2.75, 3.05) is 13.6 Å². The Balaban J connectivity index is 1.68. The maximum atomic E-state index is 12.5. The van der Waals surface area contributed by atoms with Crippen LogP contribution in [0.1, 0.15) is 5.82 Å². The van der Waals surface area contributed by atoms with E-state index in [9.17, 15) is 8.42 Å². The zero-order chi connectivity index (χ0) is 17.9. The monoisotopic (exact) mass is 377 g/mol. The van der Waals surface area contributed by atoms with Crippen molar-refractivity contribution in [2.45, 2.75) is 11.3 Å². The predicted octanol–water partition coefficient (Wildman–Crippen LogP) is 3.25. The van der Waals surface area contributed by atoms with Gasteiger partial charge in [0.2, 0.25) is 10.0 Å². The standard InChI is InChI=1S/C17H16ClN3O3S/c1-21(25(22,23)15-9-5-8-14(18)12-15)11-10-16-19-17(24-20-16)13-6-3-2-4-7-13/h2-9,12H,10-11H2,1H3. The van der Waals surface area contributed by atoms with Crippen LogP contribution in [-0.2, 0) is 16.4 Å². The summed E-state index contributed by atoms with van der Waals surface area (Å²) < 4.78 is 31.5. The number of aromatic nitrogens is 2. The average molecular weight is 378 g/mol. The van der Waals surface area contributed by atoms with E-state index in [1.807, 2.05) is 30.3 Å². The van der Waals surface area contributed by atoms with Crippen LogP contribution in [0, 0.1) is 0 Å².